The quantitative estimate of drug-likeness (QED) is 0.447. The van der Waals surface area contributed by atoms with Crippen LogP contribution in [0.4, 0.5) is 5.69 Å². The Labute approximate surface area is 149 Å². The van der Waals surface area contributed by atoms with E-state index in [4.69, 9.17) is 15.2 Å². The van der Waals surface area contributed by atoms with Gasteiger partial charge in [-0.2, -0.15) is 0 Å². The summed E-state index contributed by atoms with van der Waals surface area (Å²) in [5.41, 5.74) is 6.73. The predicted molar refractivity (Wildman–Crippen MR) is 101 cm³/mol. The number of hydrogen-bond acceptors (Lipinski definition) is 3. The fourth-order valence-corrected chi connectivity index (χ4v) is 2.68. The average Bonchev–Trinajstić information content (AvgIpc) is 2.47. The number of halogens is 1. The highest BCUT2D eigenvalue weighted by atomic mass is 127. The number of aliphatic imine (C=N–C) groups is 1. The summed E-state index contributed by atoms with van der Waals surface area (Å²) in [7, 11) is 3.39. The van der Waals surface area contributed by atoms with E-state index in [1.807, 2.05) is 24.3 Å². The van der Waals surface area contributed by atoms with E-state index in [-0.39, 0.29) is 41.0 Å². The summed E-state index contributed by atoms with van der Waals surface area (Å²) < 4.78 is 10.7. The van der Waals surface area contributed by atoms with Crippen molar-refractivity contribution in [1.29, 1.82) is 0 Å². The Morgan fingerprint density at radius 1 is 1.23 bits per heavy atom. The molecule has 5 nitrogen and oxygen atoms in total. The fraction of sp³-hybridized carbons (Fsp3) is 0.562. The van der Waals surface area contributed by atoms with E-state index in [1.165, 1.54) is 0 Å². The molecule has 2 atom stereocenters. The van der Waals surface area contributed by atoms with E-state index in [1.54, 1.807) is 14.2 Å². The van der Waals surface area contributed by atoms with Gasteiger partial charge in [-0.3, -0.25) is 0 Å². The van der Waals surface area contributed by atoms with Crippen LogP contribution in [-0.2, 0) is 4.74 Å². The maximum atomic E-state index is 6.00. The van der Waals surface area contributed by atoms with Crippen molar-refractivity contribution in [3.63, 3.8) is 0 Å². The van der Waals surface area contributed by atoms with E-state index in [2.05, 4.69) is 31.1 Å². The third-order valence-corrected chi connectivity index (χ3v) is 4.89. The van der Waals surface area contributed by atoms with Crippen molar-refractivity contribution in [2.45, 2.75) is 38.8 Å². The third-order valence-electron chi connectivity index (χ3n) is 4.89. The summed E-state index contributed by atoms with van der Waals surface area (Å²) in [5.74, 6) is 1.24. The molecule has 1 saturated carbocycles. The van der Waals surface area contributed by atoms with E-state index in [0.29, 0.717) is 5.96 Å². The third kappa shape index (κ3) is 3.48. The van der Waals surface area contributed by atoms with Gasteiger partial charge in [0.15, 0.2) is 5.96 Å². The van der Waals surface area contributed by atoms with Crippen molar-refractivity contribution < 1.29 is 9.47 Å². The maximum Gasteiger partial charge on any atom is 0.193 e. The van der Waals surface area contributed by atoms with Gasteiger partial charge in [0.1, 0.15) is 5.75 Å². The molecule has 1 aliphatic rings. The molecule has 3 N–H and O–H groups in total. The number of ether oxygens (including phenoxy) is 2. The van der Waals surface area contributed by atoms with Crippen LogP contribution in [0.1, 0.15) is 27.2 Å². The zero-order valence-electron chi connectivity index (χ0n) is 13.8. The predicted octanol–water partition coefficient (Wildman–Crippen LogP) is 3.24. The Kier molecular flexibility index (Phi) is 6.09. The second-order valence-corrected chi connectivity index (χ2v) is 6.24. The number of methoxy groups -OCH3 is 2. The van der Waals surface area contributed by atoms with Crippen LogP contribution in [0.25, 0.3) is 0 Å². The Balaban J connectivity index is 0.00000242. The molecule has 0 heterocycles. The van der Waals surface area contributed by atoms with Gasteiger partial charge in [0.05, 0.1) is 18.8 Å². The number of nitrogens with one attached hydrogen (secondary N) is 1. The summed E-state index contributed by atoms with van der Waals surface area (Å²) >= 11 is 0. The Morgan fingerprint density at radius 3 is 2.27 bits per heavy atom. The van der Waals surface area contributed by atoms with Crippen LogP contribution in [0, 0.1) is 5.41 Å². The van der Waals surface area contributed by atoms with Gasteiger partial charge in [-0.25, -0.2) is 4.99 Å². The Hall–Kier alpha value is -1.02. The van der Waals surface area contributed by atoms with Gasteiger partial charge in [0.25, 0.3) is 0 Å². The molecule has 2 rings (SSSR count). The summed E-state index contributed by atoms with van der Waals surface area (Å²) in [6, 6.07) is 7.74. The van der Waals surface area contributed by atoms with Crippen LogP contribution in [0.15, 0.2) is 29.3 Å². The lowest BCUT2D eigenvalue weighted by molar-refractivity contribution is -0.171. The molecule has 2 unspecified atom stereocenters. The van der Waals surface area contributed by atoms with Crippen LogP contribution in [-0.4, -0.2) is 31.8 Å². The topological polar surface area (TPSA) is 68.9 Å². The van der Waals surface area contributed by atoms with Crippen molar-refractivity contribution in [3.05, 3.63) is 24.3 Å². The van der Waals surface area contributed by atoms with Crippen molar-refractivity contribution >= 4 is 35.6 Å². The van der Waals surface area contributed by atoms with Gasteiger partial charge in [0, 0.05) is 18.2 Å². The molecule has 1 aliphatic carbocycles. The van der Waals surface area contributed by atoms with Crippen molar-refractivity contribution in [2.24, 2.45) is 16.1 Å². The number of rotatable bonds is 4. The van der Waals surface area contributed by atoms with Crippen molar-refractivity contribution in [1.82, 2.24) is 0 Å². The standard InChI is InChI=1S/C16H25N3O2.HI/c1-15(2)13(10-16(15,3)21-5)19-14(17)18-11-6-8-12(20-4)9-7-11;/h6-9,13H,10H2,1-5H3,(H3,17,18,19);1H. The van der Waals surface area contributed by atoms with Gasteiger partial charge >= 0.3 is 0 Å². The number of guanidine groups is 1. The monoisotopic (exact) mass is 419 g/mol. The van der Waals surface area contributed by atoms with Crippen LogP contribution in [0.2, 0.25) is 0 Å². The Morgan fingerprint density at radius 2 is 1.82 bits per heavy atom. The van der Waals surface area contributed by atoms with Crippen LogP contribution >= 0.6 is 24.0 Å². The second-order valence-electron chi connectivity index (χ2n) is 6.24. The molecule has 0 saturated heterocycles. The minimum Gasteiger partial charge on any atom is -0.497 e. The molecule has 0 aliphatic heterocycles. The van der Waals surface area contributed by atoms with Crippen LogP contribution in [0.3, 0.4) is 0 Å². The van der Waals surface area contributed by atoms with Crippen LogP contribution in [0.5, 0.6) is 5.75 Å². The lowest BCUT2D eigenvalue weighted by Crippen LogP contribution is -2.62. The molecule has 22 heavy (non-hydrogen) atoms. The van der Waals surface area contributed by atoms with Gasteiger partial charge < -0.3 is 20.5 Å². The second kappa shape index (κ2) is 7.04. The highest BCUT2D eigenvalue weighted by molar-refractivity contribution is 14.0. The van der Waals surface area contributed by atoms with E-state index in [9.17, 15) is 0 Å². The Bertz CT molecular complexity index is 531. The minimum absolute atomic E-state index is 0. The molecule has 1 aromatic rings. The molecule has 1 fully saturated rings. The highest BCUT2D eigenvalue weighted by Gasteiger charge is 2.58. The van der Waals surface area contributed by atoms with Gasteiger partial charge in [-0.15, -0.1) is 24.0 Å². The lowest BCUT2D eigenvalue weighted by atomic mass is 9.56. The summed E-state index contributed by atoms with van der Waals surface area (Å²) in [5, 5.41) is 3.11. The molecule has 0 aromatic heterocycles. The van der Waals surface area contributed by atoms with E-state index in [0.717, 1.165) is 17.9 Å². The summed E-state index contributed by atoms with van der Waals surface area (Å²) in [4.78, 5) is 4.59. The number of anilines is 1. The first-order valence-electron chi connectivity index (χ1n) is 7.12. The normalized spacial score (nSPS) is 26.6. The molecule has 0 spiro atoms. The first-order chi connectivity index (χ1) is 9.82. The molecule has 124 valence electrons. The van der Waals surface area contributed by atoms with Crippen molar-refractivity contribution in [3.8, 4) is 5.75 Å². The molecular weight excluding hydrogens is 393 g/mol. The highest BCUT2D eigenvalue weighted by Crippen LogP contribution is 2.53. The van der Waals surface area contributed by atoms with Gasteiger partial charge in [-0.1, -0.05) is 13.8 Å². The summed E-state index contributed by atoms with van der Waals surface area (Å²) in [6.07, 6.45) is 0.876. The number of benzene rings is 1. The van der Waals surface area contributed by atoms with Crippen molar-refractivity contribution in [2.75, 3.05) is 19.5 Å². The van der Waals surface area contributed by atoms with Gasteiger partial charge in [-0.05, 0) is 37.6 Å². The molecule has 0 radical (unpaired) electrons. The molecule has 0 bridgehead atoms. The average molecular weight is 419 g/mol. The SMILES string of the molecule is COc1ccc(NC(N)=NC2CC(C)(OC)C2(C)C)cc1.I. The van der Waals surface area contributed by atoms with E-state index >= 15 is 0 Å². The van der Waals surface area contributed by atoms with Crippen LogP contribution < -0.4 is 15.8 Å². The molecular formula is C16H26IN3O2. The first-order valence-corrected chi connectivity index (χ1v) is 7.12. The zero-order valence-corrected chi connectivity index (χ0v) is 16.2. The lowest BCUT2D eigenvalue weighted by Gasteiger charge is -2.57. The zero-order chi connectivity index (χ0) is 15.7. The molecule has 0 amide bonds. The number of hydrogen-bond donors (Lipinski definition) is 2. The number of nitrogens with zero attached hydrogens (tertiary/aromatic N) is 1. The summed E-state index contributed by atoms with van der Waals surface area (Å²) in [6.45, 7) is 6.44. The van der Waals surface area contributed by atoms with E-state index < -0.39 is 0 Å². The largest absolute Gasteiger partial charge is 0.497 e. The number of nitrogens with two attached hydrogens (primary N) is 1. The molecule has 6 heteroatoms. The fourth-order valence-electron chi connectivity index (χ4n) is 2.68. The first kappa shape index (κ1) is 19.0. The smallest absolute Gasteiger partial charge is 0.193 e. The van der Waals surface area contributed by atoms with Gasteiger partial charge in [0.2, 0.25) is 0 Å². The minimum atomic E-state index is -0.137. The maximum absolute atomic E-state index is 6.00. The molecule has 1 aromatic carbocycles.